The topological polar surface area (TPSA) is 62.2 Å². The third-order valence-electron chi connectivity index (χ3n) is 7.27. The molecule has 1 atom stereocenters. The molecule has 178 valence electrons. The summed E-state index contributed by atoms with van der Waals surface area (Å²) in [7, 11) is 1.69. The highest BCUT2D eigenvalue weighted by molar-refractivity contribution is 5.93. The van der Waals surface area contributed by atoms with Gasteiger partial charge in [-0.3, -0.25) is 14.4 Å². The number of carbonyl (C=O) groups excluding carboxylic acids is 1. The molecule has 34 heavy (non-hydrogen) atoms. The summed E-state index contributed by atoms with van der Waals surface area (Å²) in [5, 5.41) is 11.5. The van der Waals surface area contributed by atoms with E-state index in [1.54, 1.807) is 7.05 Å². The Bertz CT molecular complexity index is 1090. The maximum absolute atomic E-state index is 12.6. The number of amides is 1. The zero-order valence-corrected chi connectivity index (χ0v) is 20.0. The van der Waals surface area contributed by atoms with Gasteiger partial charge in [0.05, 0.1) is 6.54 Å². The molecule has 1 saturated heterocycles. The van der Waals surface area contributed by atoms with Crippen molar-refractivity contribution in [3.05, 3.63) is 88.7 Å². The summed E-state index contributed by atoms with van der Waals surface area (Å²) in [6.07, 6.45) is 5.26. The molecule has 2 N–H and O–H groups in total. The van der Waals surface area contributed by atoms with Crippen LogP contribution < -0.4 is 10.6 Å². The molecule has 2 heterocycles. The van der Waals surface area contributed by atoms with Crippen LogP contribution in [-0.2, 0) is 25.9 Å². The molecule has 1 amide bonds. The number of hydrogen-bond acceptors (Lipinski definition) is 4. The van der Waals surface area contributed by atoms with Gasteiger partial charge in [-0.2, -0.15) is 5.10 Å². The summed E-state index contributed by atoms with van der Waals surface area (Å²) in [6.45, 7) is 4.00. The van der Waals surface area contributed by atoms with Crippen LogP contribution in [0.25, 0.3) is 0 Å². The molecule has 6 heteroatoms. The second-order valence-corrected chi connectivity index (χ2v) is 9.64. The van der Waals surface area contributed by atoms with Crippen molar-refractivity contribution in [3.63, 3.8) is 0 Å². The van der Waals surface area contributed by atoms with E-state index in [-0.39, 0.29) is 5.91 Å². The van der Waals surface area contributed by atoms with Crippen LogP contribution in [0.2, 0.25) is 0 Å². The van der Waals surface area contributed by atoms with Gasteiger partial charge in [0.25, 0.3) is 5.91 Å². The Morgan fingerprint density at radius 1 is 0.912 bits per heavy atom. The van der Waals surface area contributed by atoms with E-state index in [1.165, 1.54) is 29.7 Å². The number of nitrogens with zero attached hydrogens (tertiary/aromatic N) is 3. The van der Waals surface area contributed by atoms with Crippen LogP contribution in [0.15, 0.2) is 60.7 Å². The fourth-order valence-corrected chi connectivity index (χ4v) is 5.45. The number of aromatic nitrogens is 2. The maximum atomic E-state index is 12.6. The minimum Gasteiger partial charge on any atom is -0.354 e. The molecule has 1 aliphatic carbocycles. The van der Waals surface area contributed by atoms with Crippen LogP contribution >= 0.6 is 0 Å². The second-order valence-electron chi connectivity index (χ2n) is 9.64. The summed E-state index contributed by atoms with van der Waals surface area (Å²) in [4.78, 5) is 15.2. The molecule has 5 rings (SSSR count). The molecule has 1 aromatic heterocycles. The molecule has 0 bridgehead atoms. The Kier molecular flexibility index (Phi) is 7.07. The van der Waals surface area contributed by atoms with Gasteiger partial charge in [0, 0.05) is 36.9 Å². The Morgan fingerprint density at radius 2 is 1.56 bits per heavy atom. The summed E-state index contributed by atoms with van der Waals surface area (Å²) in [5.74, 6) is -0.0852. The first-order valence-corrected chi connectivity index (χ1v) is 12.6. The number of nitrogens with one attached hydrogen (secondary N) is 2. The number of fused-ring (bicyclic) bond motifs is 1. The number of likely N-dealkylation sites (tertiary alicyclic amines) is 1. The Balaban J connectivity index is 1.22. The average Bonchev–Trinajstić information content (AvgIpc) is 3.23. The lowest BCUT2D eigenvalue weighted by Gasteiger charge is -2.35. The van der Waals surface area contributed by atoms with Gasteiger partial charge in [0.1, 0.15) is 0 Å². The number of hydrogen-bond donors (Lipinski definition) is 2. The third-order valence-corrected chi connectivity index (χ3v) is 7.27. The Labute approximate surface area is 202 Å². The van der Waals surface area contributed by atoms with Crippen LogP contribution in [0, 0.1) is 0 Å². The van der Waals surface area contributed by atoms with Crippen molar-refractivity contribution in [1.82, 2.24) is 25.3 Å². The first kappa shape index (κ1) is 22.8. The smallest absolute Gasteiger partial charge is 0.271 e. The van der Waals surface area contributed by atoms with Crippen molar-refractivity contribution in [2.24, 2.45) is 0 Å². The summed E-state index contributed by atoms with van der Waals surface area (Å²) in [6, 6.07) is 22.1. The Hall–Kier alpha value is -2.96. The van der Waals surface area contributed by atoms with E-state index in [0.29, 0.717) is 24.3 Å². The highest BCUT2D eigenvalue weighted by Crippen LogP contribution is 2.27. The van der Waals surface area contributed by atoms with Crippen LogP contribution in [0.1, 0.15) is 52.1 Å². The predicted octanol–water partition coefficient (Wildman–Crippen LogP) is 3.40. The van der Waals surface area contributed by atoms with Gasteiger partial charge in [0.15, 0.2) is 5.69 Å². The standard InChI is InChI=1S/C28H35N5O/c1-29-28(34)27-25-18-24(12-13-26(25)33(31-27)20-22-10-6-3-7-11-22)30-23-14-16-32(17-15-23)19-21-8-4-2-5-9-21/h2-11,23-24,30H,12-20H2,1H3,(H,29,34). The lowest BCUT2D eigenvalue weighted by Crippen LogP contribution is -2.47. The fraction of sp³-hybridized carbons (Fsp3) is 0.429. The van der Waals surface area contributed by atoms with Crippen molar-refractivity contribution in [2.75, 3.05) is 20.1 Å². The molecule has 0 saturated carbocycles. The first-order chi connectivity index (χ1) is 16.7. The summed E-state index contributed by atoms with van der Waals surface area (Å²) in [5.41, 5.74) is 5.54. The zero-order valence-electron chi connectivity index (χ0n) is 20.0. The van der Waals surface area contributed by atoms with Crippen LogP contribution in [0.5, 0.6) is 0 Å². The number of piperidine rings is 1. The van der Waals surface area contributed by atoms with Gasteiger partial charge in [-0.1, -0.05) is 60.7 Å². The number of rotatable bonds is 7. The van der Waals surface area contributed by atoms with Crippen molar-refractivity contribution in [1.29, 1.82) is 0 Å². The van der Waals surface area contributed by atoms with Crippen molar-refractivity contribution >= 4 is 5.91 Å². The fourth-order valence-electron chi connectivity index (χ4n) is 5.45. The molecular formula is C28H35N5O. The van der Waals surface area contributed by atoms with Gasteiger partial charge in [0.2, 0.25) is 0 Å². The highest BCUT2D eigenvalue weighted by atomic mass is 16.1. The van der Waals surface area contributed by atoms with Crippen molar-refractivity contribution < 1.29 is 4.79 Å². The number of benzene rings is 2. The molecule has 1 unspecified atom stereocenters. The van der Waals surface area contributed by atoms with E-state index in [0.717, 1.165) is 44.5 Å². The normalized spacial score (nSPS) is 19.0. The molecule has 1 aliphatic heterocycles. The average molecular weight is 458 g/mol. The van der Waals surface area contributed by atoms with Gasteiger partial charge in [-0.15, -0.1) is 0 Å². The minimum atomic E-state index is -0.0852. The first-order valence-electron chi connectivity index (χ1n) is 12.6. The largest absolute Gasteiger partial charge is 0.354 e. The Morgan fingerprint density at radius 3 is 2.21 bits per heavy atom. The zero-order chi connectivity index (χ0) is 23.3. The second kappa shape index (κ2) is 10.5. The molecule has 3 aromatic rings. The number of carbonyl (C=O) groups is 1. The molecule has 0 radical (unpaired) electrons. The van der Waals surface area contributed by atoms with E-state index in [2.05, 4.69) is 70.1 Å². The van der Waals surface area contributed by atoms with E-state index < -0.39 is 0 Å². The van der Waals surface area contributed by atoms with Crippen LogP contribution in [0.3, 0.4) is 0 Å². The van der Waals surface area contributed by atoms with Crippen molar-refractivity contribution in [3.8, 4) is 0 Å². The highest BCUT2D eigenvalue weighted by Gasteiger charge is 2.30. The minimum absolute atomic E-state index is 0.0852. The van der Waals surface area contributed by atoms with E-state index in [9.17, 15) is 4.79 Å². The maximum Gasteiger partial charge on any atom is 0.271 e. The molecule has 2 aromatic carbocycles. The molecule has 0 spiro atoms. The van der Waals surface area contributed by atoms with E-state index in [4.69, 9.17) is 5.10 Å². The third kappa shape index (κ3) is 5.24. The molecular weight excluding hydrogens is 422 g/mol. The lowest BCUT2D eigenvalue weighted by atomic mass is 9.89. The molecule has 2 aliphatic rings. The van der Waals surface area contributed by atoms with E-state index in [1.807, 2.05) is 10.7 Å². The molecule has 1 fully saturated rings. The van der Waals surface area contributed by atoms with Crippen LogP contribution in [-0.4, -0.2) is 52.8 Å². The van der Waals surface area contributed by atoms with Gasteiger partial charge < -0.3 is 10.6 Å². The molecule has 6 nitrogen and oxygen atoms in total. The van der Waals surface area contributed by atoms with Crippen LogP contribution in [0.4, 0.5) is 0 Å². The van der Waals surface area contributed by atoms with Gasteiger partial charge in [-0.25, -0.2) is 0 Å². The lowest BCUT2D eigenvalue weighted by molar-refractivity contribution is 0.0956. The SMILES string of the molecule is CNC(=O)c1nn(Cc2ccccc2)c2c1CC(NC1CCN(Cc3ccccc3)CC1)CC2. The monoisotopic (exact) mass is 457 g/mol. The van der Waals surface area contributed by atoms with Gasteiger partial charge in [-0.05, 0) is 56.3 Å². The predicted molar refractivity (Wildman–Crippen MR) is 135 cm³/mol. The van der Waals surface area contributed by atoms with Gasteiger partial charge >= 0.3 is 0 Å². The summed E-state index contributed by atoms with van der Waals surface area (Å²) < 4.78 is 2.05. The quantitative estimate of drug-likeness (QED) is 0.571. The summed E-state index contributed by atoms with van der Waals surface area (Å²) >= 11 is 0. The van der Waals surface area contributed by atoms with Crippen molar-refractivity contribution in [2.45, 2.75) is 57.3 Å². The van der Waals surface area contributed by atoms with E-state index >= 15 is 0 Å².